The first kappa shape index (κ1) is 16.4. The highest BCUT2D eigenvalue weighted by molar-refractivity contribution is 7.89. The van der Waals surface area contributed by atoms with Crippen LogP contribution in [0.25, 0.3) is 0 Å². The Morgan fingerprint density at radius 3 is 2.16 bits per heavy atom. The van der Waals surface area contributed by atoms with Crippen LogP contribution in [0.2, 0.25) is 0 Å². The van der Waals surface area contributed by atoms with E-state index in [-0.39, 0.29) is 6.04 Å². The zero-order valence-corrected chi connectivity index (χ0v) is 13.2. The molecular formula is C12H25N3O3S. The van der Waals surface area contributed by atoms with Crippen molar-refractivity contribution in [2.24, 2.45) is 0 Å². The van der Waals surface area contributed by atoms with Crippen LogP contribution >= 0.6 is 0 Å². The highest BCUT2D eigenvalue weighted by Crippen LogP contribution is 2.15. The minimum Gasteiger partial charge on any atom is -0.298 e. The molecule has 0 aromatic carbocycles. The smallest absolute Gasteiger partial charge is 0.252 e. The second-order valence-electron chi connectivity index (χ2n) is 5.67. The summed E-state index contributed by atoms with van der Waals surface area (Å²) in [4.78, 5) is 16.4. The van der Waals surface area contributed by atoms with Crippen LogP contribution in [0.5, 0.6) is 0 Å². The molecular weight excluding hydrogens is 266 g/mol. The summed E-state index contributed by atoms with van der Waals surface area (Å²) in [5, 5.41) is 0. The summed E-state index contributed by atoms with van der Waals surface area (Å²) < 4.78 is 24.5. The maximum atomic E-state index is 12.1. The molecule has 0 radical (unpaired) electrons. The van der Waals surface area contributed by atoms with E-state index in [0.29, 0.717) is 12.6 Å². The number of hydrogen-bond acceptors (Lipinski definition) is 5. The van der Waals surface area contributed by atoms with E-state index >= 15 is 0 Å². The molecule has 1 fully saturated rings. The molecule has 7 heteroatoms. The minimum absolute atomic E-state index is 0.213. The number of sulfonamides is 1. The monoisotopic (exact) mass is 291 g/mol. The molecule has 19 heavy (non-hydrogen) atoms. The summed E-state index contributed by atoms with van der Waals surface area (Å²) in [7, 11) is -3.50. The van der Waals surface area contributed by atoms with E-state index in [1.165, 1.54) is 0 Å². The Kier molecular flexibility index (Phi) is 5.34. The summed E-state index contributed by atoms with van der Waals surface area (Å²) in [6.07, 6.45) is 1.01. The van der Waals surface area contributed by atoms with Gasteiger partial charge in [0, 0.05) is 31.7 Å². The van der Waals surface area contributed by atoms with Crippen molar-refractivity contribution in [3.8, 4) is 0 Å². The fraction of sp³-hybridized carbons (Fsp3) is 0.917. The zero-order valence-electron chi connectivity index (χ0n) is 12.4. The number of nitrogens with one attached hydrogen (secondary N) is 1. The van der Waals surface area contributed by atoms with Gasteiger partial charge in [-0.25, -0.2) is 8.42 Å². The Morgan fingerprint density at radius 2 is 1.74 bits per heavy atom. The molecule has 0 bridgehead atoms. The molecule has 1 atom stereocenters. The second kappa shape index (κ2) is 6.19. The minimum atomic E-state index is -3.50. The lowest BCUT2D eigenvalue weighted by Gasteiger charge is -2.43. The first-order valence-corrected chi connectivity index (χ1v) is 8.52. The highest BCUT2D eigenvalue weighted by Gasteiger charge is 2.35. The van der Waals surface area contributed by atoms with E-state index in [0.717, 1.165) is 19.3 Å². The average Bonchev–Trinajstić information content (AvgIpc) is 2.25. The predicted molar refractivity (Wildman–Crippen MR) is 75.3 cm³/mol. The Morgan fingerprint density at radius 1 is 1.16 bits per heavy atom. The van der Waals surface area contributed by atoms with Gasteiger partial charge in [-0.3, -0.25) is 19.3 Å². The Balaban J connectivity index is 2.85. The summed E-state index contributed by atoms with van der Waals surface area (Å²) in [5.74, 6) is -0.429. The molecule has 1 N–H and O–H groups in total. The molecule has 0 saturated carbocycles. The SMILES string of the molecule is CC(C)N1CCN(C(C)C)[C@@H](C(=O)NS(C)(=O)=O)C1. The van der Waals surface area contributed by atoms with Crippen LogP contribution in [-0.4, -0.2) is 68.1 Å². The van der Waals surface area contributed by atoms with Gasteiger partial charge in [0.1, 0.15) is 6.04 Å². The first-order chi connectivity index (χ1) is 8.61. The number of nitrogens with zero attached hydrogens (tertiary/aromatic N) is 2. The summed E-state index contributed by atoms with van der Waals surface area (Å²) in [6.45, 7) is 10.4. The molecule has 0 aliphatic carbocycles. The van der Waals surface area contributed by atoms with Gasteiger partial charge in [0.15, 0.2) is 0 Å². The van der Waals surface area contributed by atoms with E-state index in [1.807, 2.05) is 13.8 Å². The Labute approximate surface area is 116 Å². The van der Waals surface area contributed by atoms with E-state index in [4.69, 9.17) is 0 Å². The van der Waals surface area contributed by atoms with Crippen LogP contribution in [0.3, 0.4) is 0 Å². The molecule has 0 aromatic heterocycles. The van der Waals surface area contributed by atoms with Crippen LogP contribution < -0.4 is 4.72 Å². The maximum Gasteiger partial charge on any atom is 0.252 e. The van der Waals surface area contributed by atoms with Crippen molar-refractivity contribution in [3.05, 3.63) is 0 Å². The average molecular weight is 291 g/mol. The Bertz CT molecular complexity index is 420. The van der Waals surface area contributed by atoms with Crippen molar-refractivity contribution in [2.45, 2.75) is 45.8 Å². The fourth-order valence-electron chi connectivity index (χ4n) is 2.39. The quantitative estimate of drug-likeness (QED) is 0.781. The standard InChI is InChI=1S/C12H25N3O3S/c1-9(2)14-6-7-15(10(3)4)11(8-14)12(16)13-19(5,17)18/h9-11H,6-8H2,1-5H3,(H,13,16)/t11-/m1/s1. The number of carbonyl (C=O) groups is 1. The van der Waals surface area contributed by atoms with E-state index in [1.54, 1.807) is 0 Å². The second-order valence-corrected chi connectivity index (χ2v) is 7.42. The third-order valence-electron chi connectivity index (χ3n) is 3.44. The van der Waals surface area contributed by atoms with Crippen molar-refractivity contribution in [2.75, 3.05) is 25.9 Å². The lowest BCUT2D eigenvalue weighted by Crippen LogP contribution is -2.62. The molecule has 0 aromatic rings. The molecule has 0 unspecified atom stereocenters. The van der Waals surface area contributed by atoms with E-state index in [2.05, 4.69) is 28.4 Å². The van der Waals surface area contributed by atoms with Gasteiger partial charge in [-0.2, -0.15) is 0 Å². The van der Waals surface area contributed by atoms with Gasteiger partial charge < -0.3 is 0 Å². The third kappa shape index (κ3) is 4.74. The summed E-state index contributed by atoms with van der Waals surface area (Å²) >= 11 is 0. The van der Waals surface area contributed by atoms with Crippen LogP contribution in [0.15, 0.2) is 0 Å². The number of hydrogen-bond donors (Lipinski definition) is 1. The molecule has 1 saturated heterocycles. The largest absolute Gasteiger partial charge is 0.298 e. The predicted octanol–water partition coefficient (Wildman–Crippen LogP) is -0.135. The highest BCUT2D eigenvalue weighted by atomic mass is 32.2. The van der Waals surface area contributed by atoms with Gasteiger partial charge in [0.2, 0.25) is 10.0 Å². The molecule has 1 amide bonds. The topological polar surface area (TPSA) is 69.7 Å². The molecule has 1 aliphatic heterocycles. The molecule has 1 aliphatic rings. The summed E-state index contributed by atoms with van der Waals surface area (Å²) in [5.41, 5.74) is 0. The van der Waals surface area contributed by atoms with Gasteiger partial charge in [0.25, 0.3) is 5.91 Å². The lowest BCUT2D eigenvalue weighted by atomic mass is 10.1. The number of carbonyl (C=O) groups excluding carboxylic acids is 1. The molecule has 6 nitrogen and oxygen atoms in total. The van der Waals surface area contributed by atoms with Crippen LogP contribution in [0.4, 0.5) is 0 Å². The molecule has 1 rings (SSSR count). The van der Waals surface area contributed by atoms with Gasteiger partial charge in [0.05, 0.1) is 6.26 Å². The van der Waals surface area contributed by atoms with Crippen LogP contribution in [-0.2, 0) is 14.8 Å². The zero-order chi connectivity index (χ0) is 14.8. The first-order valence-electron chi connectivity index (χ1n) is 6.63. The maximum absolute atomic E-state index is 12.1. The van der Waals surface area contributed by atoms with Crippen molar-refractivity contribution < 1.29 is 13.2 Å². The van der Waals surface area contributed by atoms with Crippen molar-refractivity contribution in [1.82, 2.24) is 14.5 Å². The van der Waals surface area contributed by atoms with Crippen LogP contribution in [0, 0.1) is 0 Å². The van der Waals surface area contributed by atoms with E-state index < -0.39 is 22.0 Å². The van der Waals surface area contributed by atoms with E-state index in [9.17, 15) is 13.2 Å². The van der Waals surface area contributed by atoms with Gasteiger partial charge in [-0.05, 0) is 27.7 Å². The Hall–Kier alpha value is -0.660. The van der Waals surface area contributed by atoms with Gasteiger partial charge in [-0.15, -0.1) is 0 Å². The number of rotatable bonds is 4. The fourth-order valence-corrected chi connectivity index (χ4v) is 2.89. The molecule has 0 spiro atoms. The van der Waals surface area contributed by atoms with Crippen molar-refractivity contribution >= 4 is 15.9 Å². The van der Waals surface area contributed by atoms with Crippen molar-refractivity contribution in [3.63, 3.8) is 0 Å². The molecule has 112 valence electrons. The summed E-state index contributed by atoms with van der Waals surface area (Å²) in [6, 6.07) is 0.151. The number of amides is 1. The van der Waals surface area contributed by atoms with Gasteiger partial charge in [-0.1, -0.05) is 0 Å². The van der Waals surface area contributed by atoms with Crippen LogP contribution in [0.1, 0.15) is 27.7 Å². The normalized spacial score (nSPS) is 23.0. The molecule has 1 heterocycles. The third-order valence-corrected chi connectivity index (χ3v) is 4.01. The number of piperazine rings is 1. The van der Waals surface area contributed by atoms with Gasteiger partial charge >= 0.3 is 0 Å². The lowest BCUT2D eigenvalue weighted by molar-refractivity contribution is -0.128. The van der Waals surface area contributed by atoms with Crippen molar-refractivity contribution in [1.29, 1.82) is 0 Å².